The minimum atomic E-state index is -3.23. The summed E-state index contributed by atoms with van der Waals surface area (Å²) in [6, 6.07) is 8.96. The van der Waals surface area contributed by atoms with Crippen LogP contribution in [0.5, 0.6) is 0 Å². The second-order valence-corrected chi connectivity index (χ2v) is 4.20. The molecule has 4 heteroatoms. The number of hydrogen-bond donors (Lipinski definition) is 1. The van der Waals surface area contributed by atoms with Gasteiger partial charge in [0.25, 0.3) is 0 Å². The van der Waals surface area contributed by atoms with Crippen molar-refractivity contribution in [2.45, 2.75) is 5.75 Å². The maximum atomic E-state index is 11.0. The largest absolute Gasteiger partial charge is 0.215 e. The smallest absolute Gasteiger partial charge is 0.214 e. The maximum Gasteiger partial charge on any atom is 0.215 e. The highest BCUT2D eigenvalue weighted by Gasteiger charge is 2.06. The molecule has 0 aliphatic heterocycles. The third kappa shape index (κ3) is 2.64. The predicted octanol–water partition coefficient (Wildman–Crippen LogP) is 0.898. The zero-order chi connectivity index (χ0) is 9.03. The second-order valence-electron chi connectivity index (χ2n) is 2.39. The summed E-state index contributed by atoms with van der Waals surface area (Å²) in [7, 11) is -0.118. The average Bonchev–Trinajstić information content (AvgIpc) is 2.06. The number of nitrogens with one attached hydrogen (secondary N) is 1. The first kappa shape index (κ1) is 9.22. The lowest BCUT2D eigenvalue weighted by atomic mass is 10.2. The van der Waals surface area contributed by atoms with Crippen molar-refractivity contribution >= 4 is 10.0 Å². The van der Waals surface area contributed by atoms with Crippen molar-refractivity contribution in [3.63, 3.8) is 0 Å². The van der Waals surface area contributed by atoms with Crippen molar-refractivity contribution < 1.29 is 8.42 Å². The van der Waals surface area contributed by atoms with Gasteiger partial charge in [-0.25, -0.2) is 13.1 Å². The van der Waals surface area contributed by atoms with Crippen LogP contribution in [0.25, 0.3) is 0 Å². The van der Waals surface area contributed by atoms with Crippen molar-refractivity contribution in [3.05, 3.63) is 42.9 Å². The summed E-state index contributed by atoms with van der Waals surface area (Å²) in [5, 5.41) is 0. The normalized spacial score (nSPS) is 11.4. The van der Waals surface area contributed by atoms with Crippen molar-refractivity contribution in [1.82, 2.24) is 4.72 Å². The molecule has 0 aliphatic rings. The number of benzene rings is 1. The summed E-state index contributed by atoms with van der Waals surface area (Å²) in [5.41, 5.74) is 0.758. The summed E-state index contributed by atoms with van der Waals surface area (Å²) in [6.45, 7) is 0. The third-order valence-corrected chi connectivity index (χ3v) is 2.57. The van der Waals surface area contributed by atoms with Gasteiger partial charge in [0, 0.05) is 7.05 Å². The van der Waals surface area contributed by atoms with Gasteiger partial charge in [-0.1, -0.05) is 30.3 Å². The number of rotatable bonds is 3. The van der Waals surface area contributed by atoms with Crippen LogP contribution in [0.3, 0.4) is 0 Å². The van der Waals surface area contributed by atoms with E-state index < -0.39 is 10.0 Å². The van der Waals surface area contributed by atoms with E-state index in [0.29, 0.717) is 0 Å². The summed E-state index contributed by atoms with van der Waals surface area (Å²) in [4.78, 5) is 0. The lowest BCUT2D eigenvalue weighted by Gasteiger charge is -2.00. The fourth-order valence-corrected chi connectivity index (χ4v) is 1.58. The second kappa shape index (κ2) is 3.69. The van der Waals surface area contributed by atoms with Crippen molar-refractivity contribution in [3.8, 4) is 0 Å². The summed E-state index contributed by atoms with van der Waals surface area (Å²) in [6.07, 6.45) is 0. The Hall–Kier alpha value is -0.870. The maximum absolute atomic E-state index is 11.0. The zero-order valence-electron chi connectivity index (χ0n) is 6.53. The number of hydrogen-bond acceptors (Lipinski definition) is 2. The highest BCUT2D eigenvalue weighted by molar-refractivity contribution is 7.88. The molecule has 0 amide bonds. The first-order chi connectivity index (χ1) is 5.64. The topological polar surface area (TPSA) is 46.2 Å². The van der Waals surface area contributed by atoms with Gasteiger partial charge in [0.15, 0.2) is 0 Å². The molecule has 1 aromatic carbocycles. The molecule has 0 aliphatic carbocycles. The molecule has 0 saturated carbocycles. The fourth-order valence-electron chi connectivity index (χ4n) is 0.845. The van der Waals surface area contributed by atoms with E-state index in [4.69, 9.17) is 0 Å². The minimum Gasteiger partial charge on any atom is -0.214 e. The van der Waals surface area contributed by atoms with Crippen LogP contribution in [-0.2, 0) is 15.8 Å². The van der Waals surface area contributed by atoms with Crippen molar-refractivity contribution in [2.24, 2.45) is 0 Å². The van der Waals surface area contributed by atoms with Crippen LogP contribution < -0.4 is 4.72 Å². The van der Waals surface area contributed by atoms with Crippen LogP contribution in [-0.4, -0.2) is 8.42 Å². The molecule has 0 atom stereocenters. The highest BCUT2D eigenvalue weighted by atomic mass is 32.2. The fraction of sp³-hybridized carbons (Fsp3) is 0.125. The Bertz CT molecular complexity index is 331. The Morgan fingerprint density at radius 1 is 1.25 bits per heavy atom. The standard InChI is InChI=1S/C8H10NO2S/c1-9-12(10,11)7-8-5-3-2-4-6-8/h2-6,9H,1,7H2. The molecule has 12 heavy (non-hydrogen) atoms. The summed E-state index contributed by atoms with van der Waals surface area (Å²) < 4.78 is 24.0. The monoisotopic (exact) mass is 184 g/mol. The van der Waals surface area contributed by atoms with Crippen LogP contribution >= 0.6 is 0 Å². The highest BCUT2D eigenvalue weighted by Crippen LogP contribution is 2.02. The van der Waals surface area contributed by atoms with Gasteiger partial charge in [-0.2, -0.15) is 0 Å². The molecular formula is C8H10NO2S. The molecule has 0 unspecified atom stereocenters. The molecule has 0 aromatic heterocycles. The van der Waals surface area contributed by atoms with E-state index in [2.05, 4.69) is 7.05 Å². The van der Waals surface area contributed by atoms with E-state index in [9.17, 15) is 8.42 Å². The van der Waals surface area contributed by atoms with Crippen molar-refractivity contribution in [2.75, 3.05) is 0 Å². The molecule has 0 fully saturated rings. The average molecular weight is 184 g/mol. The van der Waals surface area contributed by atoms with Crippen LogP contribution in [0.2, 0.25) is 0 Å². The molecule has 1 aromatic rings. The molecule has 0 saturated heterocycles. The molecule has 65 valence electrons. The lowest BCUT2D eigenvalue weighted by molar-refractivity contribution is 0.589. The third-order valence-electron chi connectivity index (χ3n) is 1.42. The Kier molecular flexibility index (Phi) is 2.83. The molecule has 1 radical (unpaired) electrons. The summed E-state index contributed by atoms with van der Waals surface area (Å²) in [5.74, 6) is -0.0165. The quantitative estimate of drug-likeness (QED) is 0.758. The Balaban J connectivity index is 2.78. The Labute approximate surface area is 72.5 Å². The molecule has 0 spiro atoms. The molecule has 0 bridgehead atoms. The molecular weight excluding hydrogens is 174 g/mol. The first-order valence-electron chi connectivity index (χ1n) is 3.44. The van der Waals surface area contributed by atoms with E-state index in [-0.39, 0.29) is 5.75 Å². The van der Waals surface area contributed by atoms with Gasteiger partial charge in [-0.15, -0.1) is 0 Å². The predicted molar refractivity (Wildman–Crippen MR) is 47.6 cm³/mol. The minimum absolute atomic E-state index is 0.0165. The van der Waals surface area contributed by atoms with Gasteiger partial charge >= 0.3 is 0 Å². The van der Waals surface area contributed by atoms with Gasteiger partial charge in [0.1, 0.15) is 0 Å². The van der Waals surface area contributed by atoms with E-state index in [1.165, 1.54) is 0 Å². The van der Waals surface area contributed by atoms with Crippen molar-refractivity contribution in [1.29, 1.82) is 0 Å². The Morgan fingerprint density at radius 2 is 1.83 bits per heavy atom. The molecule has 3 nitrogen and oxygen atoms in total. The van der Waals surface area contributed by atoms with Crippen LogP contribution in [0.4, 0.5) is 0 Å². The first-order valence-corrected chi connectivity index (χ1v) is 5.10. The van der Waals surface area contributed by atoms with E-state index in [1.807, 2.05) is 10.8 Å². The van der Waals surface area contributed by atoms with Gasteiger partial charge < -0.3 is 0 Å². The van der Waals surface area contributed by atoms with Gasteiger partial charge in [0.05, 0.1) is 5.75 Å². The molecule has 1 rings (SSSR count). The van der Waals surface area contributed by atoms with Gasteiger partial charge in [0.2, 0.25) is 10.0 Å². The SMILES string of the molecule is [CH2]NS(=O)(=O)Cc1ccccc1. The van der Waals surface area contributed by atoms with E-state index in [0.717, 1.165) is 5.56 Å². The molecule has 1 N–H and O–H groups in total. The van der Waals surface area contributed by atoms with Crippen LogP contribution in [0.15, 0.2) is 30.3 Å². The van der Waals surface area contributed by atoms with E-state index >= 15 is 0 Å². The summed E-state index contributed by atoms with van der Waals surface area (Å²) >= 11 is 0. The van der Waals surface area contributed by atoms with E-state index in [1.54, 1.807) is 24.3 Å². The van der Waals surface area contributed by atoms with Crippen LogP contribution in [0, 0.1) is 7.05 Å². The molecule has 0 heterocycles. The number of sulfonamides is 1. The Morgan fingerprint density at radius 3 is 2.33 bits per heavy atom. The zero-order valence-corrected chi connectivity index (χ0v) is 7.34. The van der Waals surface area contributed by atoms with Gasteiger partial charge in [-0.05, 0) is 5.56 Å². The van der Waals surface area contributed by atoms with Gasteiger partial charge in [-0.3, -0.25) is 0 Å². The van der Waals surface area contributed by atoms with Crippen LogP contribution in [0.1, 0.15) is 5.56 Å². The lowest BCUT2D eigenvalue weighted by Crippen LogP contribution is -2.18.